The van der Waals surface area contributed by atoms with Crippen molar-refractivity contribution < 1.29 is 0 Å². The maximum atomic E-state index is 4.45. The normalized spacial score (nSPS) is 23.5. The summed E-state index contributed by atoms with van der Waals surface area (Å²) in [7, 11) is 2.04. The van der Waals surface area contributed by atoms with Gasteiger partial charge in [-0.15, -0.1) is 0 Å². The fourth-order valence-corrected chi connectivity index (χ4v) is 2.23. The lowest BCUT2D eigenvalue weighted by Crippen LogP contribution is -2.44. The maximum Gasteiger partial charge on any atom is 0.194 e. The smallest absolute Gasteiger partial charge is 0.194 e. The van der Waals surface area contributed by atoms with E-state index in [1.165, 1.54) is 12.8 Å². The van der Waals surface area contributed by atoms with Crippen molar-refractivity contribution in [3.8, 4) is 0 Å². The largest absolute Gasteiger partial charge is 0.354 e. The molecule has 0 amide bonds. The van der Waals surface area contributed by atoms with Crippen molar-refractivity contribution in [3.63, 3.8) is 0 Å². The minimum atomic E-state index is 0.859. The van der Waals surface area contributed by atoms with E-state index in [-0.39, 0.29) is 0 Å². The molecule has 2 N–H and O–H groups in total. The Morgan fingerprint density at radius 2 is 2.29 bits per heavy atom. The number of guanidine groups is 1. The summed E-state index contributed by atoms with van der Waals surface area (Å²) in [6.45, 7) is 5.46. The Morgan fingerprint density at radius 1 is 1.50 bits per heavy atom. The van der Waals surface area contributed by atoms with Crippen LogP contribution in [0.1, 0.15) is 12.8 Å². The molecule has 0 aromatic rings. The molecule has 4 heteroatoms. The summed E-state index contributed by atoms with van der Waals surface area (Å²) in [4.78, 5) is 6.83. The van der Waals surface area contributed by atoms with Gasteiger partial charge in [0.25, 0.3) is 0 Å². The van der Waals surface area contributed by atoms with Gasteiger partial charge in [-0.1, -0.05) is 0 Å². The molecule has 0 radical (unpaired) electrons. The molecule has 0 aromatic heterocycles. The molecule has 0 aromatic carbocycles. The SMILES string of the molecule is CNCC1CCN(C2=NCCN2)CC1. The Balaban J connectivity index is 1.78. The van der Waals surface area contributed by atoms with E-state index in [1.54, 1.807) is 0 Å². The Morgan fingerprint density at radius 3 is 2.86 bits per heavy atom. The van der Waals surface area contributed by atoms with Crippen LogP contribution in [-0.4, -0.2) is 50.6 Å². The van der Waals surface area contributed by atoms with Gasteiger partial charge < -0.3 is 15.5 Å². The third-order valence-electron chi connectivity index (χ3n) is 3.06. The second-order valence-electron chi connectivity index (χ2n) is 4.12. The number of rotatable bonds is 2. The summed E-state index contributed by atoms with van der Waals surface area (Å²) in [5, 5.41) is 6.59. The molecule has 2 aliphatic heterocycles. The fourth-order valence-electron chi connectivity index (χ4n) is 2.23. The molecule has 2 heterocycles. The van der Waals surface area contributed by atoms with Crippen LogP contribution in [0.25, 0.3) is 0 Å². The average Bonchev–Trinajstić information content (AvgIpc) is 2.72. The van der Waals surface area contributed by atoms with Gasteiger partial charge in [0.15, 0.2) is 5.96 Å². The number of hydrogen-bond donors (Lipinski definition) is 2. The molecule has 1 saturated heterocycles. The van der Waals surface area contributed by atoms with Crippen molar-refractivity contribution in [2.45, 2.75) is 12.8 Å². The molecule has 1 fully saturated rings. The molecule has 0 spiro atoms. The predicted octanol–water partition coefficient (Wildman–Crippen LogP) is -0.123. The molecular weight excluding hydrogens is 176 g/mol. The summed E-state index contributed by atoms with van der Waals surface area (Å²) < 4.78 is 0. The van der Waals surface area contributed by atoms with Crippen molar-refractivity contribution in [1.82, 2.24) is 15.5 Å². The van der Waals surface area contributed by atoms with Crippen LogP contribution >= 0.6 is 0 Å². The number of nitrogens with one attached hydrogen (secondary N) is 2. The minimum absolute atomic E-state index is 0.859. The van der Waals surface area contributed by atoms with E-state index in [4.69, 9.17) is 0 Å². The van der Waals surface area contributed by atoms with E-state index < -0.39 is 0 Å². The highest BCUT2D eigenvalue weighted by molar-refractivity contribution is 5.81. The van der Waals surface area contributed by atoms with Crippen LogP contribution in [0.2, 0.25) is 0 Å². The van der Waals surface area contributed by atoms with Crippen LogP contribution in [-0.2, 0) is 0 Å². The van der Waals surface area contributed by atoms with Crippen LogP contribution in [0.15, 0.2) is 4.99 Å². The van der Waals surface area contributed by atoms with Crippen molar-refractivity contribution in [3.05, 3.63) is 0 Å². The molecule has 80 valence electrons. The standard InChI is InChI=1S/C10H20N4/c1-11-8-9-2-6-14(7-3-9)10-12-4-5-13-10/h9,11H,2-8H2,1H3,(H,12,13). The number of likely N-dealkylation sites (tertiary alicyclic amines) is 1. The summed E-state index contributed by atoms with van der Waals surface area (Å²) in [6.07, 6.45) is 2.59. The van der Waals surface area contributed by atoms with Crippen LogP contribution in [0.5, 0.6) is 0 Å². The van der Waals surface area contributed by atoms with Crippen LogP contribution in [0.4, 0.5) is 0 Å². The average molecular weight is 196 g/mol. The molecule has 2 rings (SSSR count). The second-order valence-corrected chi connectivity index (χ2v) is 4.12. The second kappa shape index (κ2) is 4.64. The highest BCUT2D eigenvalue weighted by atomic mass is 15.3. The van der Waals surface area contributed by atoms with Gasteiger partial charge >= 0.3 is 0 Å². The molecule has 0 aliphatic carbocycles. The van der Waals surface area contributed by atoms with E-state index in [2.05, 4.69) is 20.5 Å². The zero-order valence-electron chi connectivity index (χ0n) is 8.92. The van der Waals surface area contributed by atoms with Crippen molar-refractivity contribution >= 4 is 5.96 Å². The first kappa shape index (κ1) is 9.77. The van der Waals surface area contributed by atoms with Gasteiger partial charge in [0.1, 0.15) is 0 Å². The van der Waals surface area contributed by atoms with Crippen LogP contribution in [0, 0.1) is 5.92 Å². The van der Waals surface area contributed by atoms with Gasteiger partial charge in [0, 0.05) is 19.6 Å². The molecule has 14 heavy (non-hydrogen) atoms. The minimum Gasteiger partial charge on any atom is -0.354 e. The highest BCUT2D eigenvalue weighted by Gasteiger charge is 2.21. The van der Waals surface area contributed by atoms with Crippen LogP contribution < -0.4 is 10.6 Å². The topological polar surface area (TPSA) is 39.7 Å². The first-order valence-electron chi connectivity index (χ1n) is 5.58. The van der Waals surface area contributed by atoms with Gasteiger partial charge in [-0.05, 0) is 32.4 Å². The summed E-state index contributed by atoms with van der Waals surface area (Å²) in [5.41, 5.74) is 0. The van der Waals surface area contributed by atoms with E-state index in [1.807, 2.05) is 7.05 Å². The number of hydrogen-bond acceptors (Lipinski definition) is 4. The van der Waals surface area contributed by atoms with Crippen LogP contribution in [0.3, 0.4) is 0 Å². The lowest BCUT2D eigenvalue weighted by atomic mass is 9.97. The molecule has 2 aliphatic rings. The zero-order chi connectivity index (χ0) is 9.80. The fraction of sp³-hybridized carbons (Fsp3) is 0.900. The lowest BCUT2D eigenvalue weighted by molar-refractivity contribution is 0.259. The Kier molecular flexibility index (Phi) is 3.24. The molecular formula is C10H20N4. The van der Waals surface area contributed by atoms with Gasteiger partial charge in [0.2, 0.25) is 0 Å². The number of piperidine rings is 1. The first-order chi connectivity index (χ1) is 6.90. The van der Waals surface area contributed by atoms with E-state index >= 15 is 0 Å². The Hall–Kier alpha value is -0.770. The number of aliphatic imine (C=N–C) groups is 1. The van der Waals surface area contributed by atoms with Gasteiger partial charge in [0.05, 0.1) is 6.54 Å². The van der Waals surface area contributed by atoms with Gasteiger partial charge in [-0.2, -0.15) is 0 Å². The van der Waals surface area contributed by atoms with E-state index in [0.29, 0.717) is 0 Å². The van der Waals surface area contributed by atoms with E-state index in [0.717, 1.165) is 44.6 Å². The lowest BCUT2D eigenvalue weighted by Gasteiger charge is -2.33. The van der Waals surface area contributed by atoms with Crippen molar-refractivity contribution in [2.24, 2.45) is 10.9 Å². The van der Waals surface area contributed by atoms with Crippen molar-refractivity contribution in [1.29, 1.82) is 0 Å². The highest BCUT2D eigenvalue weighted by Crippen LogP contribution is 2.16. The summed E-state index contributed by atoms with van der Waals surface area (Å²) in [5.74, 6) is 1.99. The van der Waals surface area contributed by atoms with E-state index in [9.17, 15) is 0 Å². The Bertz CT molecular complexity index is 206. The molecule has 0 unspecified atom stereocenters. The monoisotopic (exact) mass is 196 g/mol. The Labute approximate surface area is 85.8 Å². The first-order valence-corrected chi connectivity index (χ1v) is 5.58. The quantitative estimate of drug-likeness (QED) is 0.646. The summed E-state index contributed by atoms with van der Waals surface area (Å²) in [6, 6.07) is 0. The molecule has 4 nitrogen and oxygen atoms in total. The van der Waals surface area contributed by atoms with Gasteiger partial charge in [-0.25, -0.2) is 0 Å². The summed E-state index contributed by atoms with van der Waals surface area (Å²) >= 11 is 0. The third kappa shape index (κ3) is 2.18. The maximum absolute atomic E-state index is 4.45. The predicted molar refractivity (Wildman–Crippen MR) is 58.5 cm³/mol. The van der Waals surface area contributed by atoms with Crippen molar-refractivity contribution in [2.75, 3.05) is 39.8 Å². The molecule has 0 bridgehead atoms. The van der Waals surface area contributed by atoms with Gasteiger partial charge in [-0.3, -0.25) is 4.99 Å². The third-order valence-corrected chi connectivity index (χ3v) is 3.06. The molecule has 0 saturated carbocycles. The zero-order valence-corrected chi connectivity index (χ0v) is 8.92. The molecule has 0 atom stereocenters. The number of nitrogens with zero attached hydrogens (tertiary/aromatic N) is 2.